The second kappa shape index (κ2) is 34.5. The van der Waals surface area contributed by atoms with Gasteiger partial charge in [0, 0.05) is 83.7 Å². The maximum atomic E-state index is 12.3. The Morgan fingerprint density at radius 3 is 1.43 bits per heavy atom. The van der Waals surface area contributed by atoms with Gasteiger partial charge in [0.1, 0.15) is 4.83 Å². The fraction of sp³-hybridized carbons (Fsp3) is 0.140. The van der Waals surface area contributed by atoms with E-state index in [0.717, 1.165) is 35.0 Å². The molecule has 7 aromatic carbocycles. The van der Waals surface area contributed by atoms with E-state index in [0.29, 0.717) is 79.7 Å². The zero-order chi connectivity index (χ0) is 54.2. The van der Waals surface area contributed by atoms with Crippen molar-refractivity contribution in [3.63, 3.8) is 0 Å². The predicted molar refractivity (Wildman–Crippen MR) is 343 cm³/mol. The molecule has 0 bridgehead atoms. The van der Waals surface area contributed by atoms with Crippen LogP contribution in [0.25, 0.3) is 21.7 Å². The Kier molecular flexibility index (Phi) is 31.5. The highest BCUT2D eigenvalue weighted by Crippen LogP contribution is 2.42. The SMILES string of the molecule is C.C.C.CCOC(=O)c1nc(-c2ccc(Br)cc2)c(-c2ccc(Cl)cc2Cl)s1.O=C(Cc1ccc(Cl)cc1Cl)c1ccc(Br)cc1.O=C(Cl)Cc1ccc(Cl)cc1Cl.O=C(c1ccc(Br)cc1)C(Br)c1ccc(Cl)cc1Cl. The number of halogens is 13. The van der Waals surface area contributed by atoms with Crippen molar-refractivity contribution in [2.24, 2.45) is 0 Å². The molecule has 0 aliphatic heterocycles. The van der Waals surface area contributed by atoms with Crippen molar-refractivity contribution in [1.29, 1.82) is 0 Å². The number of thiazole rings is 1. The van der Waals surface area contributed by atoms with Crippen LogP contribution in [0.4, 0.5) is 0 Å². The van der Waals surface area contributed by atoms with E-state index in [1.807, 2.05) is 54.6 Å². The second-order valence-corrected chi connectivity index (χ2v) is 23.5. The topological polar surface area (TPSA) is 90.4 Å². The van der Waals surface area contributed by atoms with Gasteiger partial charge in [-0.2, -0.15) is 0 Å². The van der Waals surface area contributed by atoms with Gasteiger partial charge in [0.25, 0.3) is 0 Å². The molecule has 406 valence electrons. The molecule has 1 heterocycles. The zero-order valence-electron chi connectivity index (χ0n) is 37.9. The third-order valence-corrected chi connectivity index (χ3v) is 15.8. The molecule has 1 aromatic heterocycles. The minimum atomic E-state index is -0.488. The molecule has 0 aliphatic carbocycles. The zero-order valence-corrected chi connectivity index (χ0v) is 51.8. The van der Waals surface area contributed by atoms with Crippen molar-refractivity contribution in [3.05, 3.63) is 232 Å². The summed E-state index contributed by atoms with van der Waals surface area (Å²) in [5, 5.41) is 4.04. The lowest BCUT2D eigenvalue weighted by Crippen LogP contribution is -2.07. The first-order valence-electron chi connectivity index (χ1n) is 21.3. The molecule has 0 N–H and O–H groups in total. The lowest BCUT2D eigenvalue weighted by atomic mass is 10.0. The number of benzene rings is 7. The summed E-state index contributed by atoms with van der Waals surface area (Å²) < 4.78 is 7.92. The summed E-state index contributed by atoms with van der Waals surface area (Å²) in [7, 11) is 0. The number of aromatic nitrogens is 1. The molecule has 20 heteroatoms. The Labute approximate surface area is 532 Å². The number of Topliss-reactive ketones (excluding diaryl/α,β-unsaturated/α-hetero) is 2. The smallest absolute Gasteiger partial charge is 0.367 e. The first-order chi connectivity index (χ1) is 35.1. The van der Waals surface area contributed by atoms with Gasteiger partial charge in [-0.1, -0.05) is 239 Å². The van der Waals surface area contributed by atoms with Crippen LogP contribution >= 0.6 is 179 Å². The second-order valence-electron chi connectivity index (χ2n) is 15.1. The number of esters is 1. The van der Waals surface area contributed by atoms with Gasteiger partial charge in [-0.05, 0) is 120 Å². The Morgan fingerprint density at radius 2 is 0.974 bits per heavy atom. The van der Waals surface area contributed by atoms with Crippen LogP contribution in [-0.4, -0.2) is 34.4 Å². The molecule has 8 aromatic rings. The molecule has 1 atom stereocenters. The van der Waals surface area contributed by atoms with Crippen LogP contribution in [0.5, 0.6) is 0 Å². The summed E-state index contributed by atoms with van der Waals surface area (Å²) in [6.07, 6.45) is 0.412. The van der Waals surface area contributed by atoms with E-state index in [1.165, 1.54) is 11.3 Å². The third kappa shape index (κ3) is 21.9. The van der Waals surface area contributed by atoms with Gasteiger partial charge in [-0.15, -0.1) is 11.3 Å². The van der Waals surface area contributed by atoms with Crippen molar-refractivity contribution in [2.75, 3.05) is 6.61 Å². The summed E-state index contributed by atoms with van der Waals surface area (Å²) >= 11 is 67.5. The van der Waals surface area contributed by atoms with E-state index >= 15 is 0 Å². The average molecular weight is 1500 g/mol. The molecular weight excluding hydrogens is 1450 g/mol. The van der Waals surface area contributed by atoms with Gasteiger partial charge in [0.05, 0.1) is 22.2 Å². The lowest BCUT2D eigenvalue weighted by molar-refractivity contribution is -0.111. The molecule has 8 rings (SSSR count). The van der Waals surface area contributed by atoms with E-state index in [2.05, 4.69) is 68.7 Å². The summed E-state index contributed by atoms with van der Waals surface area (Å²) in [6.45, 7) is 2.06. The predicted octanol–water partition coefficient (Wildman–Crippen LogP) is 23.2. The van der Waals surface area contributed by atoms with Crippen molar-refractivity contribution in [1.82, 2.24) is 4.98 Å². The van der Waals surface area contributed by atoms with E-state index in [1.54, 1.807) is 97.9 Å². The Balaban J connectivity index is 0.000000356. The number of alkyl halides is 1. The highest BCUT2D eigenvalue weighted by molar-refractivity contribution is 9.11. The molecule has 0 saturated carbocycles. The monoisotopic (exact) mass is 1490 g/mol. The molecule has 0 saturated heterocycles. The quantitative estimate of drug-likeness (QED) is 0.0524. The van der Waals surface area contributed by atoms with Gasteiger partial charge in [0.2, 0.25) is 10.3 Å². The fourth-order valence-corrected chi connectivity index (χ4v) is 11.0. The maximum absolute atomic E-state index is 12.3. The van der Waals surface area contributed by atoms with Crippen LogP contribution in [0.2, 0.25) is 40.2 Å². The Hall–Kier alpha value is -2.82. The maximum Gasteiger partial charge on any atom is 0.367 e. The number of rotatable bonds is 12. The van der Waals surface area contributed by atoms with Crippen LogP contribution in [0, 0.1) is 0 Å². The minimum Gasteiger partial charge on any atom is -0.461 e. The van der Waals surface area contributed by atoms with Gasteiger partial charge < -0.3 is 4.74 Å². The molecule has 0 radical (unpaired) electrons. The molecule has 0 spiro atoms. The van der Waals surface area contributed by atoms with Gasteiger partial charge in [-0.25, -0.2) is 9.78 Å². The standard InChI is InChI=1S/C18H12BrCl2NO2S.C14H8Br2Cl2O.C14H9BrCl2O.C8H5Cl3O.3CH4/c1-2-24-18(23)17-22-15(10-3-5-11(19)6-4-10)16(25-17)13-8-7-12(20)9-14(13)21;15-9-3-1-8(2-4-9)14(19)13(16)11-6-5-10(17)7-12(11)18;15-11-4-1-9(2-5-11)14(18)7-10-3-6-12(16)8-13(10)17;9-6-2-1-5(3-8(11)12)7(10)4-6;;;/h3-9H,2H2,1H3;1-7,13H;1-6,8H,7H2;1-2,4H,3H2;3*1H4. The van der Waals surface area contributed by atoms with Crippen molar-refractivity contribution in [3.8, 4) is 21.7 Å². The van der Waals surface area contributed by atoms with Crippen LogP contribution in [0.15, 0.2) is 159 Å². The Bertz CT molecular complexity index is 3270. The highest BCUT2D eigenvalue weighted by atomic mass is 79.9. The summed E-state index contributed by atoms with van der Waals surface area (Å²) in [4.78, 5) is 51.9. The molecular formula is C57H46Br4Cl9NO5S. The van der Waals surface area contributed by atoms with Gasteiger partial charge in [0.15, 0.2) is 11.6 Å². The normalized spacial score (nSPS) is 10.5. The lowest BCUT2D eigenvalue weighted by Gasteiger charge is -2.11. The van der Waals surface area contributed by atoms with Crippen LogP contribution < -0.4 is 0 Å². The van der Waals surface area contributed by atoms with Gasteiger partial charge in [-0.3, -0.25) is 14.4 Å². The minimum absolute atomic E-state index is 0. The number of hydrogen-bond acceptors (Lipinski definition) is 7. The van der Waals surface area contributed by atoms with E-state index < -0.39 is 16.0 Å². The van der Waals surface area contributed by atoms with Crippen molar-refractivity contribution < 1.29 is 23.9 Å². The van der Waals surface area contributed by atoms with E-state index in [4.69, 9.17) is 109 Å². The number of nitrogens with zero attached hydrogens (tertiary/aromatic N) is 1. The van der Waals surface area contributed by atoms with Crippen LogP contribution in [-0.2, 0) is 22.4 Å². The summed E-state index contributed by atoms with van der Waals surface area (Å²) in [5.41, 5.74) is 5.83. The number of ketones is 2. The van der Waals surface area contributed by atoms with Crippen molar-refractivity contribution >= 4 is 202 Å². The first-order valence-corrected chi connectivity index (χ1v) is 28.8. The molecule has 77 heavy (non-hydrogen) atoms. The number of carbonyl (C=O) groups excluding carboxylic acids is 4. The third-order valence-electron chi connectivity index (χ3n) is 9.84. The van der Waals surface area contributed by atoms with E-state index in [9.17, 15) is 19.2 Å². The average Bonchev–Trinajstić information content (AvgIpc) is 3.80. The summed E-state index contributed by atoms with van der Waals surface area (Å²) in [6, 6.07) is 42.6. The number of ether oxygens (including phenoxy) is 1. The molecule has 0 amide bonds. The van der Waals surface area contributed by atoms with Crippen molar-refractivity contribution in [2.45, 2.75) is 46.9 Å². The largest absolute Gasteiger partial charge is 0.461 e. The fourth-order valence-electron chi connectivity index (χ4n) is 6.26. The van der Waals surface area contributed by atoms with Crippen LogP contribution in [0.1, 0.15) is 81.2 Å². The molecule has 1 unspecified atom stereocenters. The first kappa shape index (κ1) is 70.3. The molecule has 6 nitrogen and oxygen atoms in total. The number of hydrogen-bond donors (Lipinski definition) is 0. The Morgan fingerprint density at radius 1 is 0.545 bits per heavy atom. The van der Waals surface area contributed by atoms with E-state index in [-0.39, 0.29) is 46.7 Å². The van der Waals surface area contributed by atoms with Gasteiger partial charge >= 0.3 is 5.97 Å². The van der Waals surface area contributed by atoms with Crippen LogP contribution in [0.3, 0.4) is 0 Å². The number of carbonyl (C=O) groups is 4. The highest BCUT2D eigenvalue weighted by Gasteiger charge is 2.23. The molecule has 0 aliphatic rings. The molecule has 0 fully saturated rings. The summed E-state index contributed by atoms with van der Waals surface area (Å²) in [5.74, 6) is -0.453.